The molecule has 0 atom stereocenters. The van der Waals surface area contributed by atoms with Crippen molar-refractivity contribution in [2.45, 2.75) is 0 Å². The Kier molecular flexibility index (Phi) is 4.89. The van der Waals surface area contributed by atoms with E-state index in [2.05, 4.69) is 10.3 Å². The van der Waals surface area contributed by atoms with Crippen molar-refractivity contribution in [2.75, 3.05) is 12.4 Å². The number of amides is 1. The Balaban J connectivity index is 1.99. The summed E-state index contributed by atoms with van der Waals surface area (Å²) in [5, 5.41) is 14.0. The second kappa shape index (κ2) is 7.43. The van der Waals surface area contributed by atoms with Crippen LogP contribution in [-0.4, -0.2) is 22.9 Å². The van der Waals surface area contributed by atoms with Gasteiger partial charge in [-0.1, -0.05) is 36.4 Å². The number of carbonyl (C=O) groups is 1. The van der Waals surface area contributed by atoms with Gasteiger partial charge in [0.25, 0.3) is 5.91 Å². The number of anilines is 1. The molecule has 0 radical (unpaired) electrons. The zero-order valence-electron chi connectivity index (χ0n) is 13.9. The molecule has 0 saturated heterocycles. The zero-order valence-corrected chi connectivity index (χ0v) is 13.9. The molecule has 1 heterocycles. The van der Waals surface area contributed by atoms with Crippen LogP contribution in [0.3, 0.4) is 0 Å². The van der Waals surface area contributed by atoms with Gasteiger partial charge in [0, 0.05) is 11.8 Å². The molecular weight excluding hydrogens is 334 g/mol. The van der Waals surface area contributed by atoms with Gasteiger partial charge >= 0.3 is 5.69 Å². The van der Waals surface area contributed by atoms with Crippen LogP contribution in [0.25, 0.3) is 11.1 Å². The first-order valence-corrected chi connectivity index (χ1v) is 7.75. The summed E-state index contributed by atoms with van der Waals surface area (Å²) in [6.45, 7) is 0. The van der Waals surface area contributed by atoms with Crippen LogP contribution in [0.5, 0.6) is 5.75 Å². The molecule has 1 N–H and O–H groups in total. The Bertz CT molecular complexity index is 958. The first-order valence-electron chi connectivity index (χ1n) is 7.75. The molecule has 7 nitrogen and oxygen atoms in total. The number of para-hydroxylation sites is 1. The second-order valence-electron chi connectivity index (χ2n) is 5.33. The molecule has 0 aliphatic rings. The van der Waals surface area contributed by atoms with E-state index < -0.39 is 10.8 Å². The average molecular weight is 349 g/mol. The Hall–Kier alpha value is -3.74. The molecule has 1 amide bonds. The minimum absolute atomic E-state index is 0.0203. The fourth-order valence-electron chi connectivity index (χ4n) is 2.59. The number of carbonyl (C=O) groups excluding carboxylic acids is 1. The lowest BCUT2D eigenvalue weighted by atomic mass is 10.1. The summed E-state index contributed by atoms with van der Waals surface area (Å²) in [5.41, 5.74) is 1.10. The summed E-state index contributed by atoms with van der Waals surface area (Å²) in [5.74, 6) is -0.292. The molecule has 0 fully saturated rings. The number of nitrogens with one attached hydrogen (secondary N) is 1. The number of hydrogen-bond donors (Lipinski definition) is 1. The van der Waals surface area contributed by atoms with Crippen LogP contribution in [-0.2, 0) is 0 Å². The fourth-order valence-corrected chi connectivity index (χ4v) is 2.59. The SMILES string of the molecule is COc1cccc(C(=O)Nc2ncccc2-c2ccccc2)c1[N+](=O)[O-]. The molecule has 2 aromatic carbocycles. The lowest BCUT2D eigenvalue weighted by molar-refractivity contribution is -0.386. The average Bonchev–Trinajstić information content (AvgIpc) is 2.68. The van der Waals surface area contributed by atoms with Crippen molar-refractivity contribution in [1.82, 2.24) is 4.98 Å². The summed E-state index contributed by atoms with van der Waals surface area (Å²) >= 11 is 0. The number of methoxy groups -OCH3 is 1. The number of nitro benzene ring substituents is 1. The molecule has 3 rings (SSSR count). The first-order chi connectivity index (χ1) is 12.6. The first kappa shape index (κ1) is 17.1. The maximum absolute atomic E-state index is 12.7. The summed E-state index contributed by atoms with van der Waals surface area (Å²) < 4.78 is 5.00. The molecule has 0 aliphatic heterocycles. The molecule has 1 aromatic heterocycles. The predicted octanol–water partition coefficient (Wildman–Crippen LogP) is 3.92. The van der Waals surface area contributed by atoms with Crippen LogP contribution in [0.15, 0.2) is 66.9 Å². The summed E-state index contributed by atoms with van der Waals surface area (Å²) in [6, 6.07) is 17.3. The number of hydrogen-bond acceptors (Lipinski definition) is 5. The van der Waals surface area contributed by atoms with Crippen molar-refractivity contribution in [3.05, 3.63) is 82.5 Å². The standard InChI is InChI=1S/C19H15N3O4/c1-26-16-11-5-9-15(17(16)22(24)25)19(23)21-18-14(10-6-12-20-18)13-7-3-2-4-8-13/h2-12H,1H3,(H,20,21,23). The Morgan fingerprint density at radius 3 is 2.54 bits per heavy atom. The molecule has 3 aromatic rings. The minimum Gasteiger partial charge on any atom is -0.490 e. The maximum Gasteiger partial charge on any atom is 0.323 e. The number of nitrogens with zero attached hydrogens (tertiary/aromatic N) is 2. The lowest BCUT2D eigenvalue weighted by Crippen LogP contribution is -2.16. The van der Waals surface area contributed by atoms with Crippen LogP contribution < -0.4 is 10.1 Å². The Morgan fingerprint density at radius 1 is 1.08 bits per heavy atom. The maximum atomic E-state index is 12.7. The van der Waals surface area contributed by atoms with Gasteiger partial charge in [-0.15, -0.1) is 0 Å². The molecule has 0 saturated carbocycles. The van der Waals surface area contributed by atoms with Gasteiger partial charge in [0.1, 0.15) is 11.4 Å². The summed E-state index contributed by atoms with van der Waals surface area (Å²) in [4.78, 5) is 27.6. The van der Waals surface area contributed by atoms with Crippen LogP contribution >= 0.6 is 0 Å². The van der Waals surface area contributed by atoms with Crippen molar-refractivity contribution in [2.24, 2.45) is 0 Å². The van der Waals surface area contributed by atoms with Crippen molar-refractivity contribution in [3.8, 4) is 16.9 Å². The van der Waals surface area contributed by atoms with Gasteiger partial charge in [0.15, 0.2) is 5.75 Å². The van der Waals surface area contributed by atoms with Gasteiger partial charge in [0.05, 0.1) is 12.0 Å². The highest BCUT2D eigenvalue weighted by molar-refractivity contribution is 6.08. The van der Waals surface area contributed by atoms with Crippen LogP contribution in [0, 0.1) is 10.1 Å². The molecule has 0 bridgehead atoms. The van der Waals surface area contributed by atoms with Gasteiger partial charge in [-0.2, -0.15) is 0 Å². The van der Waals surface area contributed by atoms with E-state index in [9.17, 15) is 14.9 Å². The molecule has 26 heavy (non-hydrogen) atoms. The number of rotatable bonds is 5. The van der Waals surface area contributed by atoms with Crippen LogP contribution in [0.4, 0.5) is 11.5 Å². The lowest BCUT2D eigenvalue weighted by Gasteiger charge is -2.11. The van der Waals surface area contributed by atoms with Crippen LogP contribution in [0.1, 0.15) is 10.4 Å². The van der Waals surface area contributed by atoms with Gasteiger partial charge < -0.3 is 10.1 Å². The summed E-state index contributed by atoms with van der Waals surface area (Å²) in [6.07, 6.45) is 1.54. The van der Waals surface area contributed by atoms with E-state index in [0.29, 0.717) is 11.4 Å². The Labute approximate surface area is 149 Å². The van der Waals surface area contributed by atoms with Gasteiger partial charge in [-0.3, -0.25) is 14.9 Å². The van der Waals surface area contributed by atoms with E-state index in [1.165, 1.54) is 25.3 Å². The largest absolute Gasteiger partial charge is 0.490 e. The Morgan fingerprint density at radius 2 is 1.85 bits per heavy atom. The molecule has 130 valence electrons. The monoisotopic (exact) mass is 349 g/mol. The molecular formula is C19H15N3O4. The van der Waals surface area contributed by atoms with Gasteiger partial charge in [0.2, 0.25) is 0 Å². The van der Waals surface area contributed by atoms with Gasteiger partial charge in [-0.05, 0) is 29.8 Å². The van der Waals surface area contributed by atoms with E-state index >= 15 is 0 Å². The van der Waals surface area contributed by atoms with E-state index in [1.807, 2.05) is 36.4 Å². The number of aromatic nitrogens is 1. The van der Waals surface area contributed by atoms with Crippen molar-refractivity contribution < 1.29 is 14.5 Å². The number of nitro groups is 1. The van der Waals surface area contributed by atoms with E-state index in [1.54, 1.807) is 12.3 Å². The van der Waals surface area contributed by atoms with Crippen molar-refractivity contribution in [3.63, 3.8) is 0 Å². The fraction of sp³-hybridized carbons (Fsp3) is 0.0526. The minimum atomic E-state index is -0.635. The molecule has 0 spiro atoms. The normalized spacial score (nSPS) is 10.2. The topological polar surface area (TPSA) is 94.4 Å². The van der Waals surface area contributed by atoms with Gasteiger partial charge in [-0.25, -0.2) is 4.98 Å². The number of pyridine rings is 1. The smallest absolute Gasteiger partial charge is 0.323 e. The molecule has 0 aliphatic carbocycles. The van der Waals surface area contributed by atoms with E-state index in [4.69, 9.17) is 4.74 Å². The third kappa shape index (κ3) is 3.36. The van der Waals surface area contributed by atoms with E-state index in [-0.39, 0.29) is 17.0 Å². The second-order valence-corrected chi connectivity index (χ2v) is 5.33. The third-order valence-corrected chi connectivity index (χ3v) is 3.77. The van der Waals surface area contributed by atoms with Crippen molar-refractivity contribution >= 4 is 17.4 Å². The summed E-state index contributed by atoms with van der Waals surface area (Å²) in [7, 11) is 1.32. The van der Waals surface area contributed by atoms with E-state index in [0.717, 1.165) is 5.56 Å². The molecule has 0 unspecified atom stereocenters. The van der Waals surface area contributed by atoms with Crippen molar-refractivity contribution in [1.29, 1.82) is 0 Å². The molecule has 7 heteroatoms. The highest BCUT2D eigenvalue weighted by atomic mass is 16.6. The third-order valence-electron chi connectivity index (χ3n) is 3.77. The highest BCUT2D eigenvalue weighted by Gasteiger charge is 2.26. The predicted molar refractivity (Wildman–Crippen MR) is 97.3 cm³/mol. The quantitative estimate of drug-likeness (QED) is 0.556. The zero-order chi connectivity index (χ0) is 18.5. The number of benzene rings is 2. The highest BCUT2D eigenvalue weighted by Crippen LogP contribution is 2.32. The van der Waals surface area contributed by atoms with Crippen LogP contribution in [0.2, 0.25) is 0 Å². The number of ether oxygens (including phenoxy) is 1.